The van der Waals surface area contributed by atoms with Crippen molar-refractivity contribution in [2.45, 2.75) is 52.1 Å². The Kier molecular flexibility index (Phi) is 4.72. The van der Waals surface area contributed by atoms with Gasteiger partial charge in [0.15, 0.2) is 5.58 Å². The standard InChI is InChI=1S/C19H29N3O2/c1-5-6-9-20(4)10-7-11-22-18(23)16-13-17-15(8-12-24-17)21(16)14-19(22,2)3/h8,12-13H,5-7,9-11,14H2,1-4H3. The highest BCUT2D eigenvalue weighted by molar-refractivity contribution is 5.98. The number of nitrogens with zero attached hydrogens (tertiary/aromatic N) is 3. The molecule has 0 saturated carbocycles. The van der Waals surface area contributed by atoms with E-state index in [1.165, 1.54) is 12.8 Å². The Hall–Kier alpha value is -1.75. The number of carbonyl (C=O) groups is 1. The van der Waals surface area contributed by atoms with Crippen LogP contribution in [-0.2, 0) is 6.54 Å². The molecule has 132 valence electrons. The molecule has 0 aliphatic carbocycles. The van der Waals surface area contributed by atoms with Gasteiger partial charge in [0.05, 0.1) is 17.3 Å². The summed E-state index contributed by atoms with van der Waals surface area (Å²) in [6.45, 7) is 10.3. The summed E-state index contributed by atoms with van der Waals surface area (Å²) in [6.07, 6.45) is 5.15. The second-order valence-electron chi connectivity index (χ2n) is 7.57. The van der Waals surface area contributed by atoms with Gasteiger partial charge in [0.1, 0.15) is 5.69 Å². The lowest BCUT2D eigenvalue weighted by Gasteiger charge is -2.43. The first-order valence-electron chi connectivity index (χ1n) is 9.01. The van der Waals surface area contributed by atoms with Crippen LogP contribution in [0.25, 0.3) is 11.1 Å². The van der Waals surface area contributed by atoms with Crippen LogP contribution in [0, 0.1) is 0 Å². The Balaban J connectivity index is 1.70. The zero-order valence-corrected chi connectivity index (χ0v) is 15.3. The summed E-state index contributed by atoms with van der Waals surface area (Å²) in [7, 11) is 2.16. The van der Waals surface area contributed by atoms with Crippen LogP contribution in [0.4, 0.5) is 0 Å². The second-order valence-corrected chi connectivity index (χ2v) is 7.57. The van der Waals surface area contributed by atoms with Crippen molar-refractivity contribution in [3.05, 3.63) is 24.1 Å². The van der Waals surface area contributed by atoms with Crippen molar-refractivity contribution in [1.82, 2.24) is 14.4 Å². The summed E-state index contributed by atoms with van der Waals surface area (Å²) < 4.78 is 7.58. The van der Waals surface area contributed by atoms with Gasteiger partial charge in [-0.15, -0.1) is 0 Å². The lowest BCUT2D eigenvalue weighted by Crippen LogP contribution is -2.55. The van der Waals surface area contributed by atoms with E-state index in [1.807, 2.05) is 17.0 Å². The predicted octanol–water partition coefficient (Wildman–Crippen LogP) is 3.59. The monoisotopic (exact) mass is 331 g/mol. The van der Waals surface area contributed by atoms with Crippen molar-refractivity contribution >= 4 is 17.0 Å². The summed E-state index contributed by atoms with van der Waals surface area (Å²) in [4.78, 5) is 17.4. The van der Waals surface area contributed by atoms with Crippen LogP contribution in [-0.4, -0.2) is 52.5 Å². The number of hydrogen-bond acceptors (Lipinski definition) is 3. The van der Waals surface area contributed by atoms with E-state index in [9.17, 15) is 4.79 Å². The van der Waals surface area contributed by atoms with Gasteiger partial charge in [-0.2, -0.15) is 0 Å². The SMILES string of the molecule is CCCCN(C)CCCN1C(=O)c2cc3occc3n2CC1(C)C. The number of amides is 1. The van der Waals surface area contributed by atoms with Crippen molar-refractivity contribution in [3.8, 4) is 0 Å². The van der Waals surface area contributed by atoms with Crippen LogP contribution in [0.3, 0.4) is 0 Å². The topological polar surface area (TPSA) is 41.6 Å². The fraction of sp³-hybridized carbons (Fsp3) is 0.632. The van der Waals surface area contributed by atoms with Crippen molar-refractivity contribution < 1.29 is 9.21 Å². The van der Waals surface area contributed by atoms with Crippen molar-refractivity contribution in [1.29, 1.82) is 0 Å². The molecule has 0 fully saturated rings. The molecule has 0 saturated heterocycles. The molecule has 0 unspecified atom stereocenters. The Bertz CT molecular complexity index is 713. The molecule has 0 bridgehead atoms. The summed E-state index contributed by atoms with van der Waals surface area (Å²) >= 11 is 0. The molecule has 1 aliphatic rings. The van der Waals surface area contributed by atoms with E-state index >= 15 is 0 Å². The molecule has 1 amide bonds. The molecular weight excluding hydrogens is 302 g/mol. The third-order valence-electron chi connectivity index (χ3n) is 5.08. The number of carbonyl (C=O) groups excluding carboxylic acids is 1. The minimum Gasteiger partial charge on any atom is -0.463 e. The lowest BCUT2D eigenvalue weighted by molar-refractivity contribution is 0.0411. The van der Waals surface area contributed by atoms with E-state index in [0.717, 1.165) is 49.4 Å². The maximum Gasteiger partial charge on any atom is 0.271 e. The molecular formula is C19H29N3O2. The van der Waals surface area contributed by atoms with Gasteiger partial charge in [-0.25, -0.2) is 0 Å². The number of unbranched alkanes of at least 4 members (excludes halogenated alkanes) is 1. The van der Waals surface area contributed by atoms with Gasteiger partial charge in [-0.3, -0.25) is 4.79 Å². The van der Waals surface area contributed by atoms with Crippen molar-refractivity contribution in [2.24, 2.45) is 0 Å². The quantitative estimate of drug-likeness (QED) is 0.778. The van der Waals surface area contributed by atoms with Crippen molar-refractivity contribution in [2.75, 3.05) is 26.7 Å². The third-order valence-corrected chi connectivity index (χ3v) is 5.08. The summed E-state index contributed by atoms with van der Waals surface area (Å²) in [5, 5.41) is 0. The van der Waals surface area contributed by atoms with Gasteiger partial charge in [0, 0.05) is 25.2 Å². The van der Waals surface area contributed by atoms with Gasteiger partial charge in [0.25, 0.3) is 5.91 Å². The smallest absolute Gasteiger partial charge is 0.271 e. The average molecular weight is 331 g/mol. The molecule has 5 heteroatoms. The molecule has 3 heterocycles. The Morgan fingerprint density at radius 3 is 2.79 bits per heavy atom. The highest BCUT2D eigenvalue weighted by Gasteiger charge is 2.39. The Morgan fingerprint density at radius 1 is 1.29 bits per heavy atom. The van der Waals surface area contributed by atoms with Gasteiger partial charge in [-0.1, -0.05) is 13.3 Å². The first-order valence-corrected chi connectivity index (χ1v) is 9.01. The summed E-state index contributed by atoms with van der Waals surface area (Å²) in [5.41, 5.74) is 2.39. The minimum absolute atomic E-state index is 0.119. The van der Waals surface area contributed by atoms with E-state index in [2.05, 4.69) is 37.3 Å². The highest BCUT2D eigenvalue weighted by Crippen LogP contribution is 2.32. The average Bonchev–Trinajstić information content (AvgIpc) is 3.10. The first kappa shape index (κ1) is 17.1. The largest absolute Gasteiger partial charge is 0.463 e. The lowest BCUT2D eigenvalue weighted by atomic mass is 9.98. The van der Waals surface area contributed by atoms with E-state index in [0.29, 0.717) is 0 Å². The van der Waals surface area contributed by atoms with Gasteiger partial charge >= 0.3 is 0 Å². The number of aromatic nitrogens is 1. The fourth-order valence-corrected chi connectivity index (χ4v) is 3.65. The van der Waals surface area contributed by atoms with Crippen LogP contribution < -0.4 is 0 Å². The zero-order chi connectivity index (χ0) is 17.3. The van der Waals surface area contributed by atoms with Crippen LogP contribution in [0.2, 0.25) is 0 Å². The molecule has 0 radical (unpaired) electrons. The van der Waals surface area contributed by atoms with Crippen molar-refractivity contribution in [3.63, 3.8) is 0 Å². The van der Waals surface area contributed by atoms with E-state index in [4.69, 9.17) is 4.42 Å². The fourth-order valence-electron chi connectivity index (χ4n) is 3.65. The van der Waals surface area contributed by atoms with Crippen LogP contribution in [0.1, 0.15) is 50.5 Å². The number of hydrogen-bond donors (Lipinski definition) is 0. The minimum atomic E-state index is -0.185. The number of rotatable bonds is 7. The molecule has 0 aromatic carbocycles. The van der Waals surface area contributed by atoms with Gasteiger partial charge < -0.3 is 18.8 Å². The zero-order valence-electron chi connectivity index (χ0n) is 15.3. The molecule has 0 N–H and O–H groups in total. The third kappa shape index (κ3) is 3.09. The summed E-state index contributed by atoms with van der Waals surface area (Å²) in [5.74, 6) is 0.119. The van der Waals surface area contributed by atoms with E-state index in [-0.39, 0.29) is 11.4 Å². The first-order chi connectivity index (χ1) is 11.4. The number of fused-ring (bicyclic) bond motifs is 3. The molecule has 2 aromatic heterocycles. The van der Waals surface area contributed by atoms with Crippen LogP contribution in [0.15, 0.2) is 22.8 Å². The van der Waals surface area contributed by atoms with E-state index < -0.39 is 0 Å². The Morgan fingerprint density at radius 2 is 2.04 bits per heavy atom. The maximum atomic E-state index is 13.0. The maximum absolute atomic E-state index is 13.0. The molecule has 0 atom stereocenters. The Labute approximate surface area is 144 Å². The number of furan rings is 1. The molecule has 5 nitrogen and oxygen atoms in total. The predicted molar refractivity (Wildman–Crippen MR) is 96.3 cm³/mol. The molecule has 0 spiro atoms. The second kappa shape index (κ2) is 6.63. The van der Waals surface area contributed by atoms with Crippen LogP contribution in [0.5, 0.6) is 0 Å². The van der Waals surface area contributed by atoms with E-state index in [1.54, 1.807) is 6.26 Å². The molecule has 2 aromatic rings. The van der Waals surface area contributed by atoms with Gasteiger partial charge in [0.2, 0.25) is 0 Å². The van der Waals surface area contributed by atoms with Crippen LogP contribution >= 0.6 is 0 Å². The normalized spacial score (nSPS) is 17.0. The molecule has 1 aliphatic heterocycles. The summed E-state index contributed by atoms with van der Waals surface area (Å²) in [6, 6.07) is 3.83. The highest BCUT2D eigenvalue weighted by atomic mass is 16.3. The molecule has 3 rings (SSSR count). The molecule has 24 heavy (non-hydrogen) atoms. The van der Waals surface area contributed by atoms with Gasteiger partial charge in [-0.05, 0) is 46.8 Å².